The summed E-state index contributed by atoms with van der Waals surface area (Å²) in [5.74, 6) is 0. The van der Waals surface area contributed by atoms with Gasteiger partial charge in [-0.1, -0.05) is 35.9 Å². The Labute approximate surface area is 152 Å². The van der Waals surface area contributed by atoms with Crippen LogP contribution in [0.15, 0.2) is 47.5 Å². The number of halogens is 1. The molecule has 1 aliphatic carbocycles. The molecule has 0 unspecified atom stereocenters. The zero-order valence-electron chi connectivity index (χ0n) is 14.2. The number of nitrogens with two attached hydrogens (primary N) is 1. The quantitative estimate of drug-likeness (QED) is 0.706. The first kappa shape index (κ1) is 16.4. The fraction of sp³-hybridized carbons (Fsp3) is 0.286. The fourth-order valence-electron chi connectivity index (χ4n) is 3.62. The average Bonchev–Trinajstić information content (AvgIpc) is 3.02. The van der Waals surface area contributed by atoms with Gasteiger partial charge in [0, 0.05) is 29.0 Å². The van der Waals surface area contributed by atoms with Gasteiger partial charge in [0.2, 0.25) is 0 Å². The van der Waals surface area contributed by atoms with Crippen molar-refractivity contribution in [3.05, 3.63) is 69.9 Å². The normalized spacial score (nSPS) is 15.7. The first-order chi connectivity index (χ1) is 12.2. The summed E-state index contributed by atoms with van der Waals surface area (Å²) in [7, 11) is 0. The molecule has 1 heterocycles. The van der Waals surface area contributed by atoms with Gasteiger partial charge in [0.25, 0.3) is 0 Å². The lowest BCUT2D eigenvalue weighted by Crippen LogP contribution is -2.12. The van der Waals surface area contributed by atoms with E-state index in [4.69, 9.17) is 22.3 Å². The summed E-state index contributed by atoms with van der Waals surface area (Å²) in [6.07, 6.45) is 4.27. The van der Waals surface area contributed by atoms with Crippen LogP contribution in [0.25, 0.3) is 10.9 Å². The first-order valence-corrected chi connectivity index (χ1v) is 9.24. The molecule has 0 amide bonds. The van der Waals surface area contributed by atoms with Crippen LogP contribution >= 0.6 is 11.6 Å². The van der Waals surface area contributed by atoms with E-state index >= 15 is 0 Å². The predicted octanol–water partition coefficient (Wildman–Crippen LogP) is 4.65. The molecular formula is C21H22ClN3. The zero-order chi connectivity index (χ0) is 17.2. The van der Waals surface area contributed by atoms with E-state index in [-0.39, 0.29) is 0 Å². The second kappa shape index (κ2) is 7.03. The Balaban J connectivity index is 1.59. The first-order valence-electron chi connectivity index (χ1n) is 8.86. The molecule has 0 atom stereocenters. The molecule has 0 spiro atoms. The number of hydrogen-bond acceptors (Lipinski definition) is 2. The van der Waals surface area contributed by atoms with Crippen molar-refractivity contribution in [2.24, 2.45) is 10.7 Å². The Kier molecular flexibility index (Phi) is 4.60. The minimum atomic E-state index is 0.571. The molecule has 0 aliphatic heterocycles. The van der Waals surface area contributed by atoms with Crippen molar-refractivity contribution in [1.82, 2.24) is 4.98 Å². The van der Waals surface area contributed by atoms with Crippen molar-refractivity contribution in [2.75, 3.05) is 6.54 Å². The summed E-state index contributed by atoms with van der Waals surface area (Å²) < 4.78 is 0. The molecule has 4 heteroatoms. The fourth-order valence-corrected chi connectivity index (χ4v) is 3.75. The minimum absolute atomic E-state index is 0.571. The maximum atomic E-state index is 5.94. The van der Waals surface area contributed by atoms with Gasteiger partial charge in [0.15, 0.2) is 0 Å². The van der Waals surface area contributed by atoms with Gasteiger partial charge in [0.05, 0.1) is 11.4 Å². The van der Waals surface area contributed by atoms with Gasteiger partial charge >= 0.3 is 0 Å². The molecule has 128 valence electrons. The van der Waals surface area contributed by atoms with Crippen LogP contribution in [0.4, 0.5) is 0 Å². The highest BCUT2D eigenvalue weighted by molar-refractivity contribution is 6.30. The number of nitrogens with one attached hydrogen (secondary N) is 1. The number of aliphatic imine (C=N–C) groups is 1. The molecule has 0 bridgehead atoms. The van der Waals surface area contributed by atoms with Gasteiger partial charge < -0.3 is 10.7 Å². The lowest BCUT2D eigenvalue weighted by molar-refractivity contribution is 0.830. The van der Waals surface area contributed by atoms with Crippen LogP contribution in [0.2, 0.25) is 5.02 Å². The highest BCUT2D eigenvalue weighted by Gasteiger charge is 2.20. The van der Waals surface area contributed by atoms with Gasteiger partial charge in [-0.2, -0.15) is 0 Å². The van der Waals surface area contributed by atoms with Crippen molar-refractivity contribution in [3.8, 4) is 0 Å². The number of H-pyrrole nitrogens is 1. The smallest absolute Gasteiger partial charge is 0.0637 e. The molecule has 4 rings (SSSR count). The van der Waals surface area contributed by atoms with Crippen LogP contribution in [0.5, 0.6) is 0 Å². The van der Waals surface area contributed by atoms with E-state index in [1.807, 2.05) is 12.1 Å². The SMILES string of the molecule is NCc1ccc2c3c([nH]c2c1)C(=NCCc1ccc(Cl)cc1)CCC3. The van der Waals surface area contributed by atoms with Crippen molar-refractivity contribution >= 4 is 28.2 Å². The van der Waals surface area contributed by atoms with Crippen molar-refractivity contribution in [1.29, 1.82) is 0 Å². The van der Waals surface area contributed by atoms with Crippen LogP contribution in [0.1, 0.15) is 35.2 Å². The summed E-state index contributed by atoms with van der Waals surface area (Å²) in [4.78, 5) is 8.50. The summed E-state index contributed by atoms with van der Waals surface area (Å²) in [6.45, 7) is 1.38. The summed E-state index contributed by atoms with van der Waals surface area (Å²) in [5.41, 5.74) is 13.2. The molecule has 2 aromatic carbocycles. The second-order valence-corrected chi connectivity index (χ2v) is 7.06. The van der Waals surface area contributed by atoms with Gasteiger partial charge in [-0.25, -0.2) is 0 Å². The molecular weight excluding hydrogens is 330 g/mol. The maximum absolute atomic E-state index is 5.94. The predicted molar refractivity (Wildman–Crippen MR) is 106 cm³/mol. The monoisotopic (exact) mass is 351 g/mol. The van der Waals surface area contributed by atoms with Crippen LogP contribution in [0.3, 0.4) is 0 Å². The van der Waals surface area contributed by atoms with E-state index in [0.717, 1.165) is 36.4 Å². The van der Waals surface area contributed by atoms with E-state index in [1.54, 1.807) is 0 Å². The number of rotatable bonds is 4. The van der Waals surface area contributed by atoms with E-state index < -0.39 is 0 Å². The highest BCUT2D eigenvalue weighted by Crippen LogP contribution is 2.30. The van der Waals surface area contributed by atoms with E-state index in [2.05, 4.69) is 35.3 Å². The van der Waals surface area contributed by atoms with E-state index in [0.29, 0.717) is 6.54 Å². The van der Waals surface area contributed by atoms with Crippen LogP contribution in [-0.4, -0.2) is 17.2 Å². The Morgan fingerprint density at radius 1 is 1.04 bits per heavy atom. The van der Waals surface area contributed by atoms with E-state index in [9.17, 15) is 0 Å². The molecule has 0 saturated carbocycles. The number of aryl methyl sites for hydroxylation is 1. The van der Waals surface area contributed by atoms with Crippen LogP contribution in [0, 0.1) is 0 Å². The number of hydrogen-bond donors (Lipinski definition) is 2. The zero-order valence-corrected chi connectivity index (χ0v) is 14.9. The number of fused-ring (bicyclic) bond motifs is 3. The van der Waals surface area contributed by atoms with E-state index in [1.165, 1.54) is 39.9 Å². The third kappa shape index (κ3) is 3.35. The Morgan fingerprint density at radius 2 is 1.84 bits per heavy atom. The lowest BCUT2D eigenvalue weighted by Gasteiger charge is -2.14. The number of nitrogens with zero attached hydrogens (tertiary/aromatic N) is 1. The Bertz CT molecular complexity index is 922. The topological polar surface area (TPSA) is 54.2 Å². The summed E-state index contributed by atoms with van der Waals surface area (Å²) in [5, 5.41) is 2.10. The second-order valence-electron chi connectivity index (χ2n) is 6.62. The van der Waals surface area contributed by atoms with Gasteiger partial charge in [-0.3, -0.25) is 4.99 Å². The molecule has 1 aliphatic rings. The minimum Gasteiger partial charge on any atom is -0.353 e. The highest BCUT2D eigenvalue weighted by atomic mass is 35.5. The largest absolute Gasteiger partial charge is 0.353 e. The third-order valence-corrected chi connectivity index (χ3v) is 5.20. The maximum Gasteiger partial charge on any atom is 0.0637 e. The molecule has 0 saturated heterocycles. The molecule has 3 nitrogen and oxygen atoms in total. The van der Waals surface area contributed by atoms with Gasteiger partial charge in [-0.15, -0.1) is 0 Å². The number of benzene rings is 2. The lowest BCUT2D eigenvalue weighted by atomic mass is 9.93. The number of aromatic amines is 1. The van der Waals surface area contributed by atoms with Crippen LogP contribution < -0.4 is 5.73 Å². The molecule has 3 N–H and O–H groups in total. The van der Waals surface area contributed by atoms with Gasteiger partial charge in [-0.05, 0) is 60.6 Å². The Hall–Kier alpha value is -2.10. The molecule has 3 aromatic rings. The number of aromatic nitrogens is 1. The van der Waals surface area contributed by atoms with Crippen LogP contribution in [-0.2, 0) is 19.4 Å². The van der Waals surface area contributed by atoms with Crippen molar-refractivity contribution in [2.45, 2.75) is 32.2 Å². The van der Waals surface area contributed by atoms with Crippen molar-refractivity contribution in [3.63, 3.8) is 0 Å². The third-order valence-electron chi connectivity index (χ3n) is 4.95. The molecule has 1 aromatic heterocycles. The molecule has 25 heavy (non-hydrogen) atoms. The van der Waals surface area contributed by atoms with Crippen molar-refractivity contribution < 1.29 is 0 Å². The molecule has 0 radical (unpaired) electrons. The van der Waals surface area contributed by atoms with Gasteiger partial charge in [0.1, 0.15) is 0 Å². The molecule has 0 fully saturated rings. The Morgan fingerprint density at radius 3 is 2.64 bits per heavy atom. The standard InChI is InChI=1S/C21H22ClN3/c22-16-7-4-14(5-8-16)10-11-24-19-3-1-2-18-17-9-6-15(13-23)12-20(17)25-21(18)19/h4-9,12,25H,1-3,10-11,13,23H2. The summed E-state index contributed by atoms with van der Waals surface area (Å²) in [6, 6.07) is 14.5. The average molecular weight is 352 g/mol. The summed E-state index contributed by atoms with van der Waals surface area (Å²) >= 11 is 5.94.